The van der Waals surface area contributed by atoms with Crippen LogP contribution in [0.2, 0.25) is 5.02 Å². The summed E-state index contributed by atoms with van der Waals surface area (Å²) in [6, 6.07) is 4.48. The number of hydrogen-bond donors (Lipinski definition) is 2. The van der Waals surface area contributed by atoms with Crippen LogP contribution in [-0.4, -0.2) is 38.2 Å². The molecule has 27 heavy (non-hydrogen) atoms. The summed E-state index contributed by atoms with van der Waals surface area (Å²) in [6.07, 6.45) is 0. The van der Waals surface area contributed by atoms with E-state index >= 15 is 0 Å². The Morgan fingerprint density at radius 1 is 1.37 bits per heavy atom. The van der Waals surface area contributed by atoms with E-state index in [4.69, 9.17) is 11.6 Å². The third-order valence-corrected chi connectivity index (χ3v) is 4.64. The quantitative estimate of drug-likeness (QED) is 0.506. The molecule has 148 valence electrons. The van der Waals surface area contributed by atoms with Crippen molar-refractivity contribution >= 4 is 34.0 Å². The molecule has 1 heterocycles. The molecule has 10 heteroatoms. The summed E-state index contributed by atoms with van der Waals surface area (Å²) in [4.78, 5) is 10.9. The Kier molecular flexibility index (Phi) is 8.05. The van der Waals surface area contributed by atoms with Gasteiger partial charge in [-0.3, -0.25) is 0 Å². The van der Waals surface area contributed by atoms with Crippen molar-refractivity contribution in [1.82, 2.24) is 15.6 Å². The van der Waals surface area contributed by atoms with Crippen LogP contribution in [0.4, 0.5) is 13.9 Å². The minimum Gasteiger partial charge on any atom is -0.434 e. The third kappa shape index (κ3) is 6.84. The predicted octanol–water partition coefficient (Wildman–Crippen LogP) is 3.72. The number of aliphatic imine (C=N–C) groups is 1. The van der Waals surface area contributed by atoms with E-state index < -0.39 is 6.61 Å². The summed E-state index contributed by atoms with van der Waals surface area (Å²) in [5.74, 6) is 0.601. The molecule has 2 aromatic rings. The highest BCUT2D eigenvalue weighted by atomic mass is 35.5. The van der Waals surface area contributed by atoms with E-state index in [0.29, 0.717) is 29.6 Å². The number of aromatic nitrogens is 1. The molecule has 0 fully saturated rings. The maximum absolute atomic E-state index is 12.6. The van der Waals surface area contributed by atoms with Crippen LogP contribution in [0.25, 0.3) is 0 Å². The molecule has 0 unspecified atom stereocenters. The number of rotatable bonds is 8. The molecule has 0 radical (unpaired) electrons. The predicted molar refractivity (Wildman–Crippen MR) is 106 cm³/mol. The van der Waals surface area contributed by atoms with E-state index in [0.717, 1.165) is 10.8 Å². The van der Waals surface area contributed by atoms with E-state index in [2.05, 4.69) is 25.3 Å². The van der Waals surface area contributed by atoms with E-state index in [1.807, 2.05) is 31.3 Å². The molecular formula is C17H22ClF2N5OS. The van der Waals surface area contributed by atoms with Crippen LogP contribution in [0.15, 0.2) is 28.6 Å². The highest BCUT2D eigenvalue weighted by molar-refractivity contribution is 7.13. The number of hydrogen-bond acceptors (Lipinski definition) is 5. The first-order valence-corrected chi connectivity index (χ1v) is 9.52. The second-order valence-electron chi connectivity index (χ2n) is 5.70. The topological polar surface area (TPSA) is 61.8 Å². The number of halogens is 3. The Morgan fingerprint density at radius 3 is 2.78 bits per heavy atom. The SMILES string of the molecule is CCNC(=NCc1cc(Cl)ccc1OC(F)F)NCc1csc(N(C)C)n1. The van der Waals surface area contributed by atoms with Crippen molar-refractivity contribution in [3.8, 4) is 5.75 Å². The fraction of sp³-hybridized carbons (Fsp3) is 0.412. The maximum atomic E-state index is 12.6. The van der Waals surface area contributed by atoms with E-state index in [1.54, 1.807) is 17.4 Å². The van der Waals surface area contributed by atoms with Gasteiger partial charge in [-0.1, -0.05) is 11.6 Å². The van der Waals surface area contributed by atoms with Gasteiger partial charge in [0.2, 0.25) is 0 Å². The highest BCUT2D eigenvalue weighted by Gasteiger charge is 2.11. The fourth-order valence-corrected chi connectivity index (χ4v) is 3.10. The Bertz CT molecular complexity index is 770. The van der Waals surface area contributed by atoms with Gasteiger partial charge in [0.25, 0.3) is 0 Å². The van der Waals surface area contributed by atoms with Gasteiger partial charge in [0.15, 0.2) is 11.1 Å². The monoisotopic (exact) mass is 417 g/mol. The summed E-state index contributed by atoms with van der Waals surface area (Å²) in [6.45, 7) is 0.316. The second kappa shape index (κ2) is 10.3. The van der Waals surface area contributed by atoms with E-state index in [-0.39, 0.29) is 12.3 Å². The molecule has 0 spiro atoms. The highest BCUT2D eigenvalue weighted by Crippen LogP contribution is 2.25. The van der Waals surface area contributed by atoms with Crippen molar-refractivity contribution in [3.05, 3.63) is 39.9 Å². The summed E-state index contributed by atoms with van der Waals surface area (Å²) in [5.41, 5.74) is 1.36. The van der Waals surface area contributed by atoms with E-state index in [9.17, 15) is 8.78 Å². The number of anilines is 1. The summed E-state index contributed by atoms with van der Waals surface area (Å²) in [5, 5.41) is 9.60. The number of thiazole rings is 1. The van der Waals surface area contributed by atoms with Crippen molar-refractivity contribution in [1.29, 1.82) is 0 Å². The Hall–Kier alpha value is -2.13. The Labute approximate surface area is 166 Å². The number of benzene rings is 1. The number of nitrogens with one attached hydrogen (secondary N) is 2. The molecular weight excluding hydrogens is 396 g/mol. The summed E-state index contributed by atoms with van der Waals surface area (Å²) in [7, 11) is 3.87. The maximum Gasteiger partial charge on any atom is 0.387 e. The second-order valence-corrected chi connectivity index (χ2v) is 6.97. The smallest absolute Gasteiger partial charge is 0.387 e. The number of alkyl halides is 2. The van der Waals surface area contributed by atoms with Gasteiger partial charge in [0.05, 0.1) is 18.8 Å². The van der Waals surface area contributed by atoms with Crippen LogP contribution in [0.3, 0.4) is 0 Å². The molecule has 0 atom stereocenters. The van der Waals surface area contributed by atoms with Crippen molar-refractivity contribution < 1.29 is 13.5 Å². The first-order valence-electron chi connectivity index (χ1n) is 8.26. The molecule has 2 N–H and O–H groups in total. The standard InChI is InChI=1S/C17H22ClF2N5OS/c1-4-21-16(23-9-13-10-27-17(24-13)25(2)3)22-8-11-7-12(18)5-6-14(11)26-15(19)20/h5-7,10,15H,4,8-9H2,1-3H3,(H2,21,22,23). The van der Waals surface area contributed by atoms with Crippen LogP contribution >= 0.6 is 22.9 Å². The van der Waals surface area contributed by atoms with Crippen LogP contribution < -0.4 is 20.3 Å². The lowest BCUT2D eigenvalue weighted by atomic mass is 10.2. The largest absolute Gasteiger partial charge is 0.434 e. The molecule has 0 amide bonds. The average molecular weight is 418 g/mol. The molecule has 6 nitrogen and oxygen atoms in total. The van der Waals surface area contributed by atoms with E-state index in [1.165, 1.54) is 12.1 Å². The van der Waals surface area contributed by atoms with Crippen molar-refractivity contribution in [2.75, 3.05) is 25.5 Å². The lowest BCUT2D eigenvalue weighted by Gasteiger charge is -2.12. The van der Waals surface area contributed by atoms with Crippen LogP contribution in [0.1, 0.15) is 18.2 Å². The van der Waals surface area contributed by atoms with Crippen LogP contribution in [-0.2, 0) is 13.1 Å². The molecule has 1 aromatic carbocycles. The van der Waals surface area contributed by atoms with Gasteiger partial charge in [-0.05, 0) is 25.1 Å². The zero-order chi connectivity index (χ0) is 19.8. The molecule has 0 saturated heterocycles. The van der Waals surface area contributed by atoms with Gasteiger partial charge >= 0.3 is 6.61 Å². The zero-order valence-corrected chi connectivity index (χ0v) is 16.9. The Morgan fingerprint density at radius 2 is 2.15 bits per heavy atom. The molecule has 1 aromatic heterocycles. The van der Waals surface area contributed by atoms with Gasteiger partial charge in [0, 0.05) is 36.6 Å². The van der Waals surface area contributed by atoms with Gasteiger partial charge in [0.1, 0.15) is 5.75 Å². The molecule has 0 saturated carbocycles. The third-order valence-electron chi connectivity index (χ3n) is 3.35. The lowest BCUT2D eigenvalue weighted by Crippen LogP contribution is -2.36. The molecule has 2 rings (SSSR count). The van der Waals surface area contributed by atoms with Gasteiger partial charge in [-0.2, -0.15) is 8.78 Å². The fourth-order valence-electron chi connectivity index (χ4n) is 2.15. The molecule has 0 bridgehead atoms. The summed E-state index contributed by atoms with van der Waals surface area (Å²) >= 11 is 7.52. The van der Waals surface area contributed by atoms with Crippen molar-refractivity contribution in [2.24, 2.45) is 4.99 Å². The van der Waals surface area contributed by atoms with Gasteiger partial charge < -0.3 is 20.3 Å². The number of ether oxygens (including phenoxy) is 1. The first kappa shape index (κ1) is 21.2. The molecule has 0 aliphatic carbocycles. The molecule has 0 aliphatic heterocycles. The van der Waals surface area contributed by atoms with Crippen molar-refractivity contribution in [3.63, 3.8) is 0 Å². The normalized spacial score (nSPS) is 11.6. The van der Waals surface area contributed by atoms with Gasteiger partial charge in [-0.25, -0.2) is 9.98 Å². The van der Waals surface area contributed by atoms with Crippen molar-refractivity contribution in [2.45, 2.75) is 26.6 Å². The minimum absolute atomic E-state index is 0.0594. The van der Waals surface area contributed by atoms with Crippen LogP contribution in [0.5, 0.6) is 5.75 Å². The average Bonchev–Trinajstić information content (AvgIpc) is 3.08. The van der Waals surface area contributed by atoms with Crippen LogP contribution in [0, 0.1) is 0 Å². The lowest BCUT2D eigenvalue weighted by molar-refractivity contribution is -0.0504. The Balaban J connectivity index is 2.07. The number of nitrogens with zero attached hydrogens (tertiary/aromatic N) is 3. The number of guanidine groups is 1. The zero-order valence-electron chi connectivity index (χ0n) is 15.3. The minimum atomic E-state index is -2.91. The van der Waals surface area contributed by atoms with Gasteiger partial charge in [-0.15, -0.1) is 11.3 Å². The first-order chi connectivity index (χ1) is 12.9. The molecule has 0 aliphatic rings. The summed E-state index contributed by atoms with van der Waals surface area (Å²) < 4.78 is 29.7.